The van der Waals surface area contributed by atoms with Gasteiger partial charge in [-0.3, -0.25) is 9.47 Å². The molecule has 0 spiro atoms. The van der Waals surface area contributed by atoms with Crippen molar-refractivity contribution in [3.63, 3.8) is 0 Å². The van der Waals surface area contributed by atoms with E-state index in [0.717, 1.165) is 31.4 Å². The first-order valence-corrected chi connectivity index (χ1v) is 13.2. The lowest BCUT2D eigenvalue weighted by Crippen LogP contribution is -2.45. The maximum absolute atomic E-state index is 13.0. The van der Waals surface area contributed by atoms with Crippen molar-refractivity contribution >= 4 is 34.8 Å². The summed E-state index contributed by atoms with van der Waals surface area (Å²) in [6.07, 6.45) is 0.333. The summed E-state index contributed by atoms with van der Waals surface area (Å²) >= 11 is 5.91. The topological polar surface area (TPSA) is 121 Å². The first-order valence-electron chi connectivity index (χ1n) is 12.8. The number of imidazole rings is 1. The van der Waals surface area contributed by atoms with Crippen LogP contribution >= 0.6 is 11.6 Å². The zero-order chi connectivity index (χ0) is 27.2. The molecule has 2 heterocycles. The van der Waals surface area contributed by atoms with E-state index in [2.05, 4.69) is 10.2 Å². The Morgan fingerprint density at radius 1 is 1.08 bits per heavy atom. The van der Waals surface area contributed by atoms with Crippen LogP contribution in [0.1, 0.15) is 32.7 Å². The van der Waals surface area contributed by atoms with Crippen LogP contribution in [-0.4, -0.2) is 65.0 Å². The molecule has 204 valence electrons. The zero-order valence-electron chi connectivity index (χ0n) is 21.6. The lowest BCUT2D eigenvalue weighted by atomic mass is 9.96. The molecule has 2 aromatic carbocycles. The van der Waals surface area contributed by atoms with Gasteiger partial charge in [-0.05, 0) is 82.1 Å². The summed E-state index contributed by atoms with van der Waals surface area (Å²) in [6.45, 7) is 6.51. The van der Waals surface area contributed by atoms with Crippen LogP contribution in [0.5, 0.6) is 5.75 Å². The molecule has 0 radical (unpaired) electrons. The number of fused-ring (bicyclic) bond motifs is 1. The summed E-state index contributed by atoms with van der Waals surface area (Å²) in [6, 6.07) is 13.8. The highest BCUT2D eigenvalue weighted by molar-refractivity contribution is 6.30. The molecule has 2 amide bonds. The number of primary amides is 1. The summed E-state index contributed by atoms with van der Waals surface area (Å²) in [4.78, 5) is 39.6. The van der Waals surface area contributed by atoms with Gasteiger partial charge in [-0.1, -0.05) is 23.7 Å². The number of para-hydroxylation sites is 2. The van der Waals surface area contributed by atoms with Crippen molar-refractivity contribution < 1.29 is 19.1 Å². The van der Waals surface area contributed by atoms with Gasteiger partial charge in [0, 0.05) is 24.2 Å². The van der Waals surface area contributed by atoms with Gasteiger partial charge in [-0.25, -0.2) is 19.0 Å². The second kappa shape index (κ2) is 12.4. The van der Waals surface area contributed by atoms with Crippen LogP contribution in [0, 0.1) is 5.92 Å². The van der Waals surface area contributed by atoms with Crippen LogP contribution < -0.4 is 21.5 Å². The highest BCUT2D eigenvalue weighted by atomic mass is 35.5. The third-order valence-electron chi connectivity index (χ3n) is 6.74. The predicted octanol–water partition coefficient (Wildman–Crippen LogP) is 3.85. The molecular weight excluding hydrogens is 510 g/mol. The van der Waals surface area contributed by atoms with E-state index < -0.39 is 18.2 Å². The molecule has 3 aromatic rings. The summed E-state index contributed by atoms with van der Waals surface area (Å²) < 4.78 is 13.9. The number of nitrogens with zero attached hydrogens (tertiary/aromatic N) is 3. The molecule has 1 saturated heterocycles. The number of amides is 2. The Balaban J connectivity index is 1.29. The Kier molecular flexibility index (Phi) is 8.96. The Morgan fingerprint density at radius 2 is 1.74 bits per heavy atom. The van der Waals surface area contributed by atoms with Gasteiger partial charge in [0.25, 0.3) is 0 Å². The number of benzene rings is 2. The molecule has 1 fully saturated rings. The minimum Gasteiger partial charge on any atom is -0.490 e. The molecule has 0 saturated carbocycles. The predicted molar refractivity (Wildman–Crippen MR) is 146 cm³/mol. The van der Waals surface area contributed by atoms with Crippen LogP contribution in [0.15, 0.2) is 53.3 Å². The lowest BCUT2D eigenvalue weighted by molar-refractivity contribution is 0.0368. The van der Waals surface area contributed by atoms with Crippen LogP contribution in [-0.2, 0) is 4.74 Å². The molecule has 4 rings (SSSR count). The van der Waals surface area contributed by atoms with Crippen LogP contribution in [0.25, 0.3) is 11.0 Å². The monoisotopic (exact) mass is 543 g/mol. The van der Waals surface area contributed by atoms with Crippen LogP contribution in [0.3, 0.4) is 0 Å². The molecule has 1 aliphatic rings. The van der Waals surface area contributed by atoms with Gasteiger partial charge in [0.05, 0.1) is 11.0 Å². The van der Waals surface area contributed by atoms with Crippen molar-refractivity contribution in [2.75, 3.05) is 32.8 Å². The number of nitrogens with one attached hydrogen (secondary N) is 1. The molecule has 1 aliphatic heterocycles. The fraction of sp³-hybridized carbons (Fsp3) is 0.444. The van der Waals surface area contributed by atoms with Gasteiger partial charge in [0.1, 0.15) is 12.4 Å². The summed E-state index contributed by atoms with van der Waals surface area (Å²) in [5.41, 5.74) is 6.27. The summed E-state index contributed by atoms with van der Waals surface area (Å²) in [5, 5.41) is 3.56. The number of piperidine rings is 1. The number of carbonyl (C=O) groups is 2. The number of halogens is 1. The van der Waals surface area contributed by atoms with Crippen LogP contribution in [0.4, 0.5) is 9.59 Å². The standard InChI is InChI=1S/C27H34ClN5O5/c1-18(2)32-23-5-3-4-6-24(23)33(27(32)36)26(35)30-15-19-11-13-31(14-12-19)16-22(38-25(29)34)17-37-21-9-7-20(28)8-10-21/h3-10,18-19,22H,11-17H2,1-2H3,(H2,29,34)(H,30,35). The number of hydrogen-bond acceptors (Lipinski definition) is 6. The first-order chi connectivity index (χ1) is 18.2. The molecule has 0 bridgehead atoms. The lowest BCUT2D eigenvalue weighted by Gasteiger charge is -2.33. The van der Waals surface area contributed by atoms with E-state index in [4.69, 9.17) is 26.8 Å². The Labute approximate surface area is 226 Å². The van der Waals surface area contributed by atoms with E-state index >= 15 is 0 Å². The average molecular weight is 544 g/mol. The number of rotatable bonds is 9. The molecule has 38 heavy (non-hydrogen) atoms. The van der Waals surface area contributed by atoms with E-state index in [0.29, 0.717) is 29.4 Å². The van der Waals surface area contributed by atoms with Gasteiger partial charge in [0.2, 0.25) is 0 Å². The van der Waals surface area contributed by atoms with Crippen molar-refractivity contribution in [1.82, 2.24) is 19.4 Å². The number of nitrogens with two attached hydrogens (primary N) is 1. The van der Waals surface area contributed by atoms with Crippen molar-refractivity contribution in [3.05, 3.63) is 64.0 Å². The molecule has 1 aromatic heterocycles. The number of hydrogen-bond donors (Lipinski definition) is 2. The largest absolute Gasteiger partial charge is 0.490 e. The van der Waals surface area contributed by atoms with E-state index in [1.54, 1.807) is 34.9 Å². The normalized spacial score (nSPS) is 15.5. The third kappa shape index (κ3) is 6.68. The van der Waals surface area contributed by atoms with Crippen molar-refractivity contribution in [2.24, 2.45) is 11.7 Å². The third-order valence-corrected chi connectivity index (χ3v) is 6.99. The van der Waals surface area contributed by atoms with E-state index in [1.807, 2.05) is 32.0 Å². The Hall–Kier alpha value is -3.50. The Bertz CT molecular complexity index is 1310. The van der Waals surface area contributed by atoms with Gasteiger partial charge in [0.15, 0.2) is 6.10 Å². The maximum atomic E-state index is 13.0. The molecule has 0 aliphatic carbocycles. The molecular formula is C27H34ClN5O5. The summed E-state index contributed by atoms with van der Waals surface area (Å²) in [7, 11) is 0. The van der Waals surface area contributed by atoms with Crippen molar-refractivity contribution in [2.45, 2.75) is 38.8 Å². The van der Waals surface area contributed by atoms with Gasteiger partial charge in [-0.15, -0.1) is 0 Å². The number of aromatic nitrogens is 2. The fourth-order valence-electron chi connectivity index (χ4n) is 4.85. The van der Waals surface area contributed by atoms with E-state index in [1.165, 1.54) is 4.57 Å². The highest BCUT2D eigenvalue weighted by Gasteiger charge is 2.25. The van der Waals surface area contributed by atoms with Crippen molar-refractivity contribution in [1.29, 1.82) is 0 Å². The smallest absolute Gasteiger partial charge is 0.404 e. The fourth-order valence-corrected chi connectivity index (χ4v) is 4.97. The second-order valence-electron chi connectivity index (χ2n) is 9.82. The molecule has 10 nitrogen and oxygen atoms in total. The molecule has 3 N–H and O–H groups in total. The first kappa shape index (κ1) is 27.5. The molecule has 11 heteroatoms. The molecule has 1 unspecified atom stereocenters. The second-order valence-corrected chi connectivity index (χ2v) is 10.3. The maximum Gasteiger partial charge on any atom is 0.404 e. The van der Waals surface area contributed by atoms with E-state index in [-0.39, 0.29) is 24.3 Å². The highest BCUT2D eigenvalue weighted by Crippen LogP contribution is 2.20. The van der Waals surface area contributed by atoms with Gasteiger partial charge >= 0.3 is 17.8 Å². The van der Waals surface area contributed by atoms with E-state index in [9.17, 15) is 14.4 Å². The van der Waals surface area contributed by atoms with Crippen LogP contribution in [0.2, 0.25) is 5.02 Å². The number of carbonyl (C=O) groups excluding carboxylic acids is 2. The quantitative estimate of drug-likeness (QED) is 0.423. The average Bonchev–Trinajstić information content (AvgIpc) is 3.19. The van der Waals surface area contributed by atoms with Crippen molar-refractivity contribution in [3.8, 4) is 5.75 Å². The van der Waals surface area contributed by atoms with Gasteiger partial charge in [-0.2, -0.15) is 0 Å². The SMILES string of the molecule is CC(C)n1c(=O)n(C(=O)NCC2CCN(CC(COc3ccc(Cl)cc3)OC(N)=O)CC2)c2ccccc21. The minimum absolute atomic E-state index is 0.0651. The Morgan fingerprint density at radius 3 is 2.37 bits per heavy atom. The zero-order valence-corrected chi connectivity index (χ0v) is 22.4. The number of ether oxygens (including phenoxy) is 2. The molecule has 1 atom stereocenters. The van der Waals surface area contributed by atoms with Gasteiger partial charge < -0.3 is 20.5 Å². The summed E-state index contributed by atoms with van der Waals surface area (Å²) in [5.74, 6) is 0.891. The minimum atomic E-state index is -0.846. The number of likely N-dealkylation sites (tertiary alicyclic amines) is 1.